The Labute approximate surface area is 268 Å². The van der Waals surface area contributed by atoms with E-state index in [0.717, 1.165) is 41.7 Å². The monoisotopic (exact) mass is 635 g/mol. The molecule has 10 nitrogen and oxygen atoms in total. The van der Waals surface area contributed by atoms with Crippen LogP contribution in [0.5, 0.6) is 17.2 Å². The number of nitrogens with zero attached hydrogens (tertiary/aromatic N) is 1. The topological polar surface area (TPSA) is 125 Å². The van der Waals surface area contributed by atoms with E-state index in [1.54, 1.807) is 44.2 Å². The van der Waals surface area contributed by atoms with Crippen molar-refractivity contribution in [2.45, 2.75) is 66.4 Å². The highest BCUT2D eigenvalue weighted by Gasteiger charge is 2.29. The first kappa shape index (κ1) is 33.5. The van der Waals surface area contributed by atoms with Crippen molar-refractivity contribution in [2.75, 3.05) is 25.1 Å². The third kappa shape index (κ3) is 8.85. The average Bonchev–Trinajstić information content (AvgIpc) is 3.37. The maximum atomic E-state index is 13.1. The Hall–Kier alpha value is -4.38. The largest absolute Gasteiger partial charge is 0.490 e. The Kier molecular flexibility index (Phi) is 12.0. The third-order valence-corrected chi connectivity index (χ3v) is 8.30. The van der Waals surface area contributed by atoms with Crippen molar-refractivity contribution in [3.05, 3.63) is 69.6 Å². The number of nitrogens with one attached hydrogen (secondary N) is 2. The Morgan fingerprint density at radius 1 is 1.04 bits per heavy atom. The molecule has 0 saturated heterocycles. The summed E-state index contributed by atoms with van der Waals surface area (Å²) in [5, 5.41) is 7.48. The lowest BCUT2D eigenvalue weighted by molar-refractivity contribution is -0.127. The first-order chi connectivity index (χ1) is 21.7. The van der Waals surface area contributed by atoms with Gasteiger partial charge in [0, 0.05) is 10.4 Å². The Balaban J connectivity index is 1.34. The van der Waals surface area contributed by atoms with Crippen molar-refractivity contribution in [1.29, 1.82) is 0 Å². The summed E-state index contributed by atoms with van der Waals surface area (Å²) >= 11 is 1.44. The molecule has 45 heavy (non-hydrogen) atoms. The second-order valence-electron chi connectivity index (χ2n) is 10.7. The highest BCUT2D eigenvalue weighted by Crippen LogP contribution is 2.40. The lowest BCUT2D eigenvalue weighted by Gasteiger charge is -2.18. The van der Waals surface area contributed by atoms with Gasteiger partial charge in [-0.15, -0.1) is 11.3 Å². The predicted molar refractivity (Wildman–Crippen MR) is 175 cm³/mol. The SMILES string of the molecule is CCCOc1ccc(/C=N/NC(=O)C(C)Oc2ccc(C(=O)Nc3sc4c(c3C(=O)OCC)CCC(C)C4)cc2)cc1OCC. The molecular formula is C34H41N3O7S. The van der Waals surface area contributed by atoms with Crippen LogP contribution in [0.25, 0.3) is 0 Å². The highest BCUT2D eigenvalue weighted by atomic mass is 32.1. The number of hydrogen-bond donors (Lipinski definition) is 2. The molecule has 2 amide bonds. The van der Waals surface area contributed by atoms with Crippen LogP contribution in [0.3, 0.4) is 0 Å². The van der Waals surface area contributed by atoms with Crippen LogP contribution in [-0.4, -0.2) is 49.9 Å². The molecular weight excluding hydrogens is 594 g/mol. The van der Waals surface area contributed by atoms with Gasteiger partial charge in [0.05, 0.1) is 31.6 Å². The fourth-order valence-corrected chi connectivity index (χ4v) is 6.24. The number of amides is 2. The van der Waals surface area contributed by atoms with E-state index >= 15 is 0 Å². The fraction of sp³-hybridized carbons (Fsp3) is 0.412. The van der Waals surface area contributed by atoms with Crippen molar-refractivity contribution in [3.8, 4) is 17.2 Å². The van der Waals surface area contributed by atoms with Crippen molar-refractivity contribution in [1.82, 2.24) is 5.43 Å². The van der Waals surface area contributed by atoms with Crippen LogP contribution in [0.4, 0.5) is 5.00 Å². The van der Waals surface area contributed by atoms with E-state index in [2.05, 4.69) is 22.8 Å². The van der Waals surface area contributed by atoms with Crippen molar-refractivity contribution in [3.63, 3.8) is 0 Å². The number of carbonyl (C=O) groups is 3. The van der Waals surface area contributed by atoms with Crippen LogP contribution in [0.2, 0.25) is 0 Å². The van der Waals surface area contributed by atoms with Gasteiger partial charge in [0.15, 0.2) is 17.6 Å². The smallest absolute Gasteiger partial charge is 0.341 e. The van der Waals surface area contributed by atoms with Gasteiger partial charge >= 0.3 is 5.97 Å². The van der Waals surface area contributed by atoms with Gasteiger partial charge in [-0.25, -0.2) is 10.2 Å². The summed E-state index contributed by atoms with van der Waals surface area (Å²) in [5.41, 5.74) is 5.05. The van der Waals surface area contributed by atoms with Gasteiger partial charge in [0.1, 0.15) is 10.8 Å². The summed E-state index contributed by atoms with van der Waals surface area (Å²) in [6.45, 7) is 10.8. The number of carbonyl (C=O) groups excluding carboxylic acids is 3. The molecule has 2 atom stereocenters. The predicted octanol–water partition coefficient (Wildman–Crippen LogP) is 6.41. The zero-order valence-corrected chi connectivity index (χ0v) is 27.3. The Bertz CT molecular complexity index is 1520. The Morgan fingerprint density at radius 2 is 1.82 bits per heavy atom. The van der Waals surface area contributed by atoms with Crippen LogP contribution in [0, 0.1) is 5.92 Å². The van der Waals surface area contributed by atoms with E-state index in [9.17, 15) is 14.4 Å². The van der Waals surface area contributed by atoms with Gasteiger partial charge in [-0.2, -0.15) is 5.10 Å². The number of hydrogen-bond acceptors (Lipinski definition) is 9. The number of anilines is 1. The normalized spacial score (nSPS) is 14.7. The zero-order chi connectivity index (χ0) is 32.3. The van der Waals surface area contributed by atoms with Crippen LogP contribution >= 0.6 is 11.3 Å². The number of benzene rings is 2. The molecule has 2 N–H and O–H groups in total. The molecule has 0 saturated carbocycles. The standard InChI is InChI=1S/C34H41N3O7S/c1-6-17-43-27-16-10-23(19-28(27)41-7-2)20-35-37-31(38)22(5)44-25-13-11-24(12-14-25)32(39)36-33-30(34(40)42-8-3)26-15-9-21(4)18-29(26)45-33/h10-14,16,19-22H,6-9,15,17-18H2,1-5H3,(H,36,39)(H,37,38)/b35-20+. The molecule has 240 valence electrons. The number of esters is 1. The minimum absolute atomic E-state index is 0.260. The number of fused-ring (bicyclic) bond motifs is 1. The molecule has 11 heteroatoms. The molecule has 0 aliphatic heterocycles. The Morgan fingerprint density at radius 3 is 2.53 bits per heavy atom. The summed E-state index contributed by atoms with van der Waals surface area (Å²) in [7, 11) is 0. The number of ether oxygens (including phenoxy) is 4. The van der Waals surface area contributed by atoms with Crippen molar-refractivity contribution >= 4 is 40.3 Å². The summed E-state index contributed by atoms with van der Waals surface area (Å²) in [5.74, 6) is 1.00. The molecule has 0 bridgehead atoms. The maximum absolute atomic E-state index is 13.1. The minimum atomic E-state index is -0.849. The molecule has 1 aliphatic rings. The van der Waals surface area contributed by atoms with Gasteiger partial charge in [-0.3, -0.25) is 9.59 Å². The summed E-state index contributed by atoms with van der Waals surface area (Å²) < 4.78 is 22.5. The van der Waals surface area contributed by atoms with Crippen LogP contribution in [0.15, 0.2) is 47.6 Å². The number of thiophene rings is 1. The summed E-state index contributed by atoms with van der Waals surface area (Å²) in [4.78, 5) is 39.6. The van der Waals surface area contributed by atoms with E-state index in [-0.39, 0.29) is 12.5 Å². The van der Waals surface area contributed by atoms with E-state index in [1.807, 2.05) is 26.0 Å². The fourth-order valence-electron chi connectivity index (χ4n) is 4.84. The molecule has 1 aliphatic carbocycles. The molecule has 3 aromatic rings. The van der Waals surface area contributed by atoms with E-state index in [1.165, 1.54) is 17.6 Å². The van der Waals surface area contributed by atoms with Crippen molar-refractivity contribution < 1.29 is 33.3 Å². The lowest BCUT2D eigenvalue weighted by atomic mass is 9.88. The second kappa shape index (κ2) is 16.1. The average molecular weight is 636 g/mol. The van der Waals surface area contributed by atoms with Crippen molar-refractivity contribution in [2.24, 2.45) is 11.0 Å². The van der Waals surface area contributed by atoms with Crippen LogP contribution in [-0.2, 0) is 22.4 Å². The third-order valence-electron chi connectivity index (χ3n) is 7.13. The van der Waals surface area contributed by atoms with E-state index in [4.69, 9.17) is 18.9 Å². The molecule has 1 aromatic heterocycles. The molecule has 0 fully saturated rings. The molecule has 2 aromatic carbocycles. The number of rotatable bonds is 14. The molecule has 2 unspecified atom stereocenters. The van der Waals surface area contributed by atoms with Gasteiger partial charge in [-0.05, 0) is 106 Å². The van der Waals surface area contributed by atoms with Gasteiger partial charge in [0.2, 0.25) is 0 Å². The lowest BCUT2D eigenvalue weighted by Crippen LogP contribution is -2.33. The maximum Gasteiger partial charge on any atom is 0.341 e. The molecule has 1 heterocycles. The first-order valence-electron chi connectivity index (χ1n) is 15.4. The van der Waals surface area contributed by atoms with Gasteiger partial charge < -0.3 is 24.3 Å². The van der Waals surface area contributed by atoms with Gasteiger partial charge in [-0.1, -0.05) is 13.8 Å². The van der Waals surface area contributed by atoms with Gasteiger partial charge in [0.25, 0.3) is 11.8 Å². The second-order valence-corrected chi connectivity index (χ2v) is 11.8. The molecule has 4 rings (SSSR count). The molecule has 0 radical (unpaired) electrons. The first-order valence-corrected chi connectivity index (χ1v) is 16.2. The quantitative estimate of drug-likeness (QED) is 0.119. The van der Waals surface area contributed by atoms with E-state index in [0.29, 0.717) is 52.5 Å². The minimum Gasteiger partial charge on any atom is -0.490 e. The van der Waals surface area contributed by atoms with E-state index < -0.39 is 18.0 Å². The van der Waals surface area contributed by atoms with Crippen LogP contribution in [0.1, 0.15) is 84.2 Å². The highest BCUT2D eigenvalue weighted by molar-refractivity contribution is 7.17. The van der Waals surface area contributed by atoms with Crippen LogP contribution < -0.4 is 25.0 Å². The summed E-state index contributed by atoms with van der Waals surface area (Å²) in [6, 6.07) is 11.9. The number of hydrazone groups is 1. The summed E-state index contributed by atoms with van der Waals surface area (Å²) in [6.07, 6.45) is 4.21. The zero-order valence-electron chi connectivity index (χ0n) is 26.4. The molecule has 0 spiro atoms.